The third-order valence-corrected chi connectivity index (χ3v) is 12.7. The molecule has 0 saturated carbocycles. The van der Waals surface area contributed by atoms with Crippen molar-refractivity contribution in [3.8, 4) is 33.3 Å². The summed E-state index contributed by atoms with van der Waals surface area (Å²) in [5.74, 6) is -0.610. The van der Waals surface area contributed by atoms with Gasteiger partial charge < -0.3 is 39.6 Å². The second-order valence-corrected chi connectivity index (χ2v) is 17.3. The number of aromatic amines is 1. The number of rotatable bonds is 15. The number of nitrogens with one attached hydrogen (secondary N) is 2. The number of likely N-dealkylation sites (tertiary alicyclic amines) is 1. The van der Waals surface area contributed by atoms with E-state index in [9.17, 15) is 19.8 Å². The summed E-state index contributed by atoms with van der Waals surface area (Å²) in [6.45, 7) is 13.6. The number of phenolic OH excluding ortho intramolecular Hbond substituents is 1. The summed E-state index contributed by atoms with van der Waals surface area (Å²) in [5.41, 5.74) is 7.91. The van der Waals surface area contributed by atoms with Crippen LogP contribution in [0.3, 0.4) is 0 Å². The third kappa shape index (κ3) is 9.62. The molecule has 6 heterocycles. The minimum absolute atomic E-state index is 0.0596. The van der Waals surface area contributed by atoms with Crippen molar-refractivity contribution in [2.75, 3.05) is 45.9 Å². The summed E-state index contributed by atoms with van der Waals surface area (Å²) >= 11 is 1.59. The number of nitrogens with zero attached hydrogens (tertiary/aromatic N) is 7. The van der Waals surface area contributed by atoms with Crippen molar-refractivity contribution in [1.82, 2.24) is 45.3 Å². The van der Waals surface area contributed by atoms with E-state index in [0.717, 1.165) is 84.1 Å². The predicted molar refractivity (Wildman–Crippen MR) is 232 cm³/mol. The molecule has 0 spiro atoms. The Hall–Kier alpha value is -5.68. The topological polar surface area (TPSA) is 186 Å². The summed E-state index contributed by atoms with van der Waals surface area (Å²) in [6.07, 6.45) is 0.135. The van der Waals surface area contributed by atoms with Crippen molar-refractivity contribution < 1.29 is 29.1 Å². The van der Waals surface area contributed by atoms with E-state index in [2.05, 4.69) is 46.5 Å². The maximum absolute atomic E-state index is 14.1. The van der Waals surface area contributed by atoms with E-state index in [1.54, 1.807) is 29.5 Å². The average Bonchev–Trinajstić information content (AvgIpc) is 4.07. The number of fused-ring (bicyclic) bond motifs is 1. The summed E-state index contributed by atoms with van der Waals surface area (Å²) < 4.78 is 11.7. The molecule has 4 aromatic heterocycles. The number of hydrogen-bond acceptors (Lipinski definition) is 13. The average molecular weight is 848 g/mol. The molecule has 2 aromatic carbocycles. The number of amides is 2. The van der Waals surface area contributed by atoms with Gasteiger partial charge in [-0.15, -0.1) is 21.5 Å². The number of aryl methyl sites for hydroxylation is 1. The second kappa shape index (κ2) is 18.5. The molecule has 61 heavy (non-hydrogen) atoms. The number of ether oxygens (including phenoxy) is 1. The van der Waals surface area contributed by atoms with Crippen LogP contribution >= 0.6 is 11.3 Å². The van der Waals surface area contributed by atoms with Gasteiger partial charge in [0, 0.05) is 74.9 Å². The number of hydrogen-bond donors (Lipinski definition) is 4. The molecular formula is C45H53N9O6S. The van der Waals surface area contributed by atoms with Gasteiger partial charge in [0.25, 0.3) is 5.88 Å². The number of thiazole rings is 1. The van der Waals surface area contributed by atoms with Crippen LogP contribution in [0.4, 0.5) is 0 Å². The van der Waals surface area contributed by atoms with Crippen molar-refractivity contribution in [2.45, 2.75) is 71.2 Å². The Kier molecular flexibility index (Phi) is 12.8. The van der Waals surface area contributed by atoms with Gasteiger partial charge in [-0.3, -0.25) is 14.5 Å². The van der Waals surface area contributed by atoms with Gasteiger partial charge in [0.15, 0.2) is 11.4 Å². The van der Waals surface area contributed by atoms with Gasteiger partial charge >= 0.3 is 0 Å². The molecule has 2 aliphatic rings. The van der Waals surface area contributed by atoms with Crippen molar-refractivity contribution >= 4 is 34.2 Å². The Morgan fingerprint density at radius 1 is 1.02 bits per heavy atom. The van der Waals surface area contributed by atoms with E-state index < -0.39 is 18.1 Å². The molecule has 6 aromatic rings. The molecule has 0 bridgehead atoms. The molecule has 8 rings (SSSR count). The number of carbonyl (C=O) groups is 2. The number of aromatic hydroxyl groups is 1. The van der Waals surface area contributed by atoms with E-state index in [1.165, 1.54) is 4.90 Å². The van der Waals surface area contributed by atoms with Crippen LogP contribution in [0.15, 0.2) is 76.8 Å². The fourth-order valence-corrected chi connectivity index (χ4v) is 9.19. The van der Waals surface area contributed by atoms with Gasteiger partial charge in [-0.25, -0.2) is 4.98 Å². The van der Waals surface area contributed by atoms with Gasteiger partial charge in [0.1, 0.15) is 17.7 Å². The molecule has 320 valence electrons. The number of aliphatic hydroxyl groups excluding tert-OH is 1. The second-order valence-electron chi connectivity index (χ2n) is 16.5. The fourth-order valence-electron chi connectivity index (χ4n) is 8.37. The normalized spacial score (nSPS) is 18.5. The highest BCUT2D eigenvalue weighted by molar-refractivity contribution is 7.13. The zero-order valence-electron chi connectivity index (χ0n) is 35.0. The number of aromatic nitrogens is 5. The van der Waals surface area contributed by atoms with E-state index in [-0.39, 0.29) is 42.5 Å². The van der Waals surface area contributed by atoms with E-state index in [0.29, 0.717) is 29.5 Å². The van der Waals surface area contributed by atoms with Gasteiger partial charge in [-0.1, -0.05) is 50.2 Å². The van der Waals surface area contributed by atoms with Crippen molar-refractivity contribution in [3.05, 3.63) is 95.0 Å². The van der Waals surface area contributed by atoms with E-state index >= 15 is 0 Å². The number of benzene rings is 2. The molecule has 2 aliphatic heterocycles. The summed E-state index contributed by atoms with van der Waals surface area (Å²) in [7, 11) is 0. The Morgan fingerprint density at radius 3 is 2.52 bits per heavy atom. The first-order valence-corrected chi connectivity index (χ1v) is 21.9. The Bertz CT molecular complexity index is 2440. The number of phenols is 1. The zero-order chi connectivity index (χ0) is 42.6. The number of piperazine rings is 1. The molecule has 16 heteroatoms. The van der Waals surface area contributed by atoms with Crippen LogP contribution < -0.4 is 10.1 Å². The molecule has 4 atom stereocenters. The summed E-state index contributed by atoms with van der Waals surface area (Å²) in [5, 5.41) is 37.7. The molecule has 2 fully saturated rings. The quantitative estimate of drug-likeness (QED) is 0.0897. The van der Waals surface area contributed by atoms with Crippen molar-refractivity contribution in [2.24, 2.45) is 5.92 Å². The van der Waals surface area contributed by atoms with Gasteiger partial charge in [0.05, 0.1) is 40.5 Å². The Morgan fingerprint density at radius 2 is 1.79 bits per heavy atom. The molecule has 0 radical (unpaired) electrons. The van der Waals surface area contributed by atoms with Crippen LogP contribution in [0.2, 0.25) is 0 Å². The molecule has 15 nitrogen and oxygen atoms in total. The summed E-state index contributed by atoms with van der Waals surface area (Å²) in [4.78, 5) is 43.0. The lowest BCUT2D eigenvalue weighted by molar-refractivity contribution is -0.141. The lowest BCUT2D eigenvalue weighted by atomic mass is 9.91. The highest BCUT2D eigenvalue weighted by Gasteiger charge is 2.43. The fraction of sp³-hybridized carbons (Fsp3) is 0.422. The molecule has 2 saturated heterocycles. The van der Waals surface area contributed by atoms with Crippen molar-refractivity contribution in [3.63, 3.8) is 0 Å². The maximum Gasteiger partial charge on any atom is 0.254 e. The lowest BCUT2D eigenvalue weighted by Gasteiger charge is -2.34. The number of β-amino-alcohol motifs (C(OH)–C–C–N with tert-alkyl or cyclic N) is 1. The lowest BCUT2D eigenvalue weighted by Crippen LogP contribution is -2.48. The van der Waals surface area contributed by atoms with Gasteiger partial charge in [-0.05, 0) is 66.7 Å². The minimum Gasteiger partial charge on any atom is -0.507 e. The SMILES string of the molecule is Cc1ncsc1-c1ccc([C@H](C)NC(=O)[C@@H]2C[C@@H](O)CN2C(=O)[C@@H](c2cc(OCCCN3CCN(Cc4cc5cc(-c6ccccc6O)nnc5[nH]4)CC3)no2)C(C)C)cc1. The number of H-pyrrole nitrogens is 1. The number of aliphatic hydroxyl groups is 1. The molecule has 2 amide bonds. The van der Waals surface area contributed by atoms with Crippen LogP contribution in [-0.2, 0) is 16.1 Å². The van der Waals surface area contributed by atoms with Crippen LogP contribution in [0, 0.1) is 12.8 Å². The molecule has 0 aliphatic carbocycles. The molecule has 0 unspecified atom stereocenters. The Balaban J connectivity index is 0.791. The molecule has 4 N–H and O–H groups in total. The highest BCUT2D eigenvalue weighted by Crippen LogP contribution is 2.34. The molecular weight excluding hydrogens is 795 g/mol. The van der Waals surface area contributed by atoms with Crippen molar-refractivity contribution in [1.29, 1.82) is 0 Å². The number of carbonyl (C=O) groups excluding carboxylic acids is 2. The monoisotopic (exact) mass is 847 g/mol. The first kappa shape index (κ1) is 42.0. The minimum atomic E-state index is -0.820. The van der Waals surface area contributed by atoms with Gasteiger partial charge in [0.2, 0.25) is 11.8 Å². The van der Waals surface area contributed by atoms with E-state index in [1.807, 2.05) is 75.7 Å². The summed E-state index contributed by atoms with van der Waals surface area (Å²) in [6, 6.07) is 19.8. The Labute approximate surface area is 358 Å². The van der Waals surface area contributed by atoms with Crippen LogP contribution in [0.1, 0.15) is 68.3 Å². The predicted octanol–water partition coefficient (Wildman–Crippen LogP) is 5.92. The number of para-hydroxylation sites is 1. The smallest absolute Gasteiger partial charge is 0.254 e. The highest BCUT2D eigenvalue weighted by atomic mass is 32.1. The standard InChI is InChI=1S/C45H53N9O6S/c1-27(2)41(45(58)54-25-34(55)22-37(54)44(57)47-28(3)30-10-12-31(13-11-30)42-29(4)46-26-61-42)39-23-40(51-60-39)59-19-7-14-52-15-17-53(18-16-52)24-33-20-32-21-36(49-50-43(32)48-33)35-8-5-6-9-38(35)56/h5-6,8-13,20-21,23,26-28,34,37,41,55-56H,7,14-19,22,24-25H2,1-4H3,(H,47,57)(H,48,50)/t28-,34+,37-,41+/m0/s1. The maximum atomic E-state index is 14.1. The first-order valence-electron chi connectivity index (χ1n) is 21.0. The van der Waals surface area contributed by atoms with Crippen LogP contribution in [0.5, 0.6) is 11.6 Å². The largest absolute Gasteiger partial charge is 0.507 e. The van der Waals surface area contributed by atoms with Crippen LogP contribution in [0.25, 0.3) is 32.7 Å². The first-order chi connectivity index (χ1) is 29.5. The zero-order valence-corrected chi connectivity index (χ0v) is 35.8. The van der Waals surface area contributed by atoms with E-state index in [4.69, 9.17) is 9.26 Å². The van der Waals surface area contributed by atoms with Crippen LogP contribution in [-0.4, -0.2) is 120 Å². The third-order valence-electron chi connectivity index (χ3n) is 11.7. The van der Waals surface area contributed by atoms with Gasteiger partial charge in [-0.2, -0.15) is 0 Å².